The molecule has 2 rings (SSSR count). The Morgan fingerprint density at radius 2 is 2.24 bits per heavy atom. The third kappa shape index (κ3) is 1.81. The molecule has 1 saturated carbocycles. The van der Waals surface area contributed by atoms with E-state index in [9.17, 15) is 9.50 Å². The van der Waals surface area contributed by atoms with Gasteiger partial charge >= 0.3 is 0 Å². The van der Waals surface area contributed by atoms with Crippen LogP contribution in [0.4, 0.5) is 4.39 Å². The van der Waals surface area contributed by atoms with Gasteiger partial charge in [-0.2, -0.15) is 0 Å². The Bertz CT molecular complexity index is 441. The van der Waals surface area contributed by atoms with E-state index in [1.807, 2.05) is 0 Å². The Morgan fingerprint density at radius 3 is 2.65 bits per heavy atom. The molecule has 0 saturated heterocycles. The van der Waals surface area contributed by atoms with Crippen LogP contribution in [-0.4, -0.2) is 18.8 Å². The van der Waals surface area contributed by atoms with Crippen molar-refractivity contribution in [2.45, 2.75) is 24.7 Å². The lowest BCUT2D eigenvalue weighted by molar-refractivity contribution is 0.241. The second-order valence-corrected chi connectivity index (χ2v) is 5.23. The summed E-state index contributed by atoms with van der Waals surface area (Å²) in [6.45, 7) is 0.383. The summed E-state index contributed by atoms with van der Waals surface area (Å²) in [4.78, 5) is 0. The highest BCUT2D eigenvalue weighted by atomic mass is 79.9. The molecule has 1 aliphatic carbocycles. The predicted molar refractivity (Wildman–Crippen MR) is 66.9 cm³/mol. The lowest BCUT2D eigenvalue weighted by Crippen LogP contribution is -2.42. The summed E-state index contributed by atoms with van der Waals surface area (Å²) >= 11 is 3.25. The van der Waals surface area contributed by atoms with Crippen molar-refractivity contribution in [1.82, 2.24) is 0 Å². The molecule has 0 spiro atoms. The smallest absolute Gasteiger partial charge is 0.172 e. The number of hydrogen-bond donors (Lipinski definition) is 2. The number of phenolic OH excluding ortho intramolecular Hbond substituents is 1. The van der Waals surface area contributed by atoms with Crippen LogP contribution in [0.15, 0.2) is 10.5 Å². The highest BCUT2D eigenvalue weighted by molar-refractivity contribution is 9.10. The maximum atomic E-state index is 14.1. The summed E-state index contributed by atoms with van der Waals surface area (Å²) < 4.78 is 19.4. The lowest BCUT2D eigenvalue weighted by Gasteiger charge is -2.42. The van der Waals surface area contributed by atoms with E-state index in [0.29, 0.717) is 16.6 Å². The summed E-state index contributed by atoms with van der Waals surface area (Å²) in [5, 5.41) is 9.90. The van der Waals surface area contributed by atoms with E-state index in [-0.39, 0.29) is 22.7 Å². The van der Waals surface area contributed by atoms with Crippen molar-refractivity contribution < 1.29 is 14.2 Å². The van der Waals surface area contributed by atoms with E-state index < -0.39 is 0 Å². The summed E-state index contributed by atoms with van der Waals surface area (Å²) in [7, 11) is 1.39. The van der Waals surface area contributed by atoms with E-state index >= 15 is 0 Å². The Hall–Kier alpha value is -0.810. The number of phenols is 1. The van der Waals surface area contributed by atoms with Gasteiger partial charge in [0.15, 0.2) is 11.5 Å². The molecule has 5 heteroatoms. The van der Waals surface area contributed by atoms with E-state index in [4.69, 9.17) is 10.5 Å². The molecule has 0 radical (unpaired) electrons. The third-order valence-corrected chi connectivity index (χ3v) is 4.38. The van der Waals surface area contributed by atoms with E-state index in [0.717, 1.165) is 19.3 Å². The van der Waals surface area contributed by atoms with Gasteiger partial charge in [0.25, 0.3) is 0 Å². The van der Waals surface area contributed by atoms with Crippen LogP contribution in [0.3, 0.4) is 0 Å². The van der Waals surface area contributed by atoms with Gasteiger partial charge in [0.1, 0.15) is 5.82 Å². The van der Waals surface area contributed by atoms with Crippen LogP contribution in [0.5, 0.6) is 11.5 Å². The van der Waals surface area contributed by atoms with Crippen LogP contribution in [-0.2, 0) is 5.41 Å². The molecule has 0 heterocycles. The average molecular weight is 304 g/mol. The summed E-state index contributed by atoms with van der Waals surface area (Å²) in [5.41, 5.74) is 5.89. The number of hydrogen-bond acceptors (Lipinski definition) is 3. The molecule has 0 aliphatic heterocycles. The minimum atomic E-state index is -0.378. The molecule has 1 aromatic carbocycles. The molecule has 94 valence electrons. The summed E-state index contributed by atoms with van der Waals surface area (Å²) in [6.07, 6.45) is 2.74. The van der Waals surface area contributed by atoms with Crippen molar-refractivity contribution >= 4 is 15.9 Å². The first kappa shape index (κ1) is 12.6. The van der Waals surface area contributed by atoms with Crippen LogP contribution in [0.25, 0.3) is 0 Å². The zero-order valence-corrected chi connectivity index (χ0v) is 11.2. The van der Waals surface area contributed by atoms with Crippen molar-refractivity contribution in [1.29, 1.82) is 0 Å². The van der Waals surface area contributed by atoms with Crippen LogP contribution in [0.1, 0.15) is 24.8 Å². The molecule has 3 N–H and O–H groups in total. The monoisotopic (exact) mass is 303 g/mol. The molecule has 17 heavy (non-hydrogen) atoms. The number of halogens is 2. The molecule has 1 fully saturated rings. The molecule has 0 aromatic heterocycles. The van der Waals surface area contributed by atoms with E-state index in [1.54, 1.807) is 0 Å². The molecular weight excluding hydrogens is 289 g/mol. The fourth-order valence-corrected chi connectivity index (χ4v) is 3.19. The molecule has 1 aromatic rings. The number of nitrogens with two attached hydrogens (primary N) is 1. The first-order valence-corrected chi connectivity index (χ1v) is 6.30. The number of ether oxygens (including phenoxy) is 1. The largest absolute Gasteiger partial charge is 0.503 e. The van der Waals surface area contributed by atoms with Crippen molar-refractivity contribution in [2.75, 3.05) is 13.7 Å². The maximum Gasteiger partial charge on any atom is 0.172 e. The molecule has 0 unspecified atom stereocenters. The van der Waals surface area contributed by atoms with Crippen LogP contribution >= 0.6 is 15.9 Å². The molecule has 0 bridgehead atoms. The van der Waals surface area contributed by atoms with Gasteiger partial charge in [0.05, 0.1) is 11.6 Å². The quantitative estimate of drug-likeness (QED) is 0.902. The van der Waals surface area contributed by atoms with Crippen molar-refractivity contribution in [2.24, 2.45) is 5.73 Å². The van der Waals surface area contributed by atoms with Crippen molar-refractivity contribution in [3.05, 3.63) is 21.9 Å². The first-order valence-electron chi connectivity index (χ1n) is 5.51. The molecule has 1 aliphatic rings. The topological polar surface area (TPSA) is 55.5 Å². The second kappa shape index (κ2) is 4.46. The van der Waals surface area contributed by atoms with Crippen molar-refractivity contribution in [3.63, 3.8) is 0 Å². The Morgan fingerprint density at radius 1 is 1.59 bits per heavy atom. The first-order chi connectivity index (χ1) is 8.05. The lowest BCUT2D eigenvalue weighted by atomic mass is 9.64. The molecule has 3 nitrogen and oxygen atoms in total. The van der Waals surface area contributed by atoms with Gasteiger partial charge in [-0.05, 0) is 28.8 Å². The minimum absolute atomic E-state index is 0.0661. The SMILES string of the molecule is COc1cc(F)c(C2(CN)CCC2)c(Br)c1O. The Balaban J connectivity index is 2.58. The Kier molecular flexibility index (Phi) is 3.32. The zero-order valence-electron chi connectivity index (χ0n) is 9.59. The summed E-state index contributed by atoms with van der Waals surface area (Å²) in [6, 6.07) is 1.21. The van der Waals surface area contributed by atoms with Crippen LogP contribution < -0.4 is 10.5 Å². The van der Waals surface area contributed by atoms with Crippen LogP contribution in [0, 0.1) is 5.82 Å². The fraction of sp³-hybridized carbons (Fsp3) is 0.500. The predicted octanol–water partition coefficient (Wildman–Crippen LogP) is 2.68. The maximum absolute atomic E-state index is 14.1. The number of methoxy groups -OCH3 is 1. The number of aromatic hydroxyl groups is 1. The normalized spacial score (nSPS) is 17.6. The highest BCUT2D eigenvalue weighted by Crippen LogP contribution is 2.50. The van der Waals surface area contributed by atoms with Gasteiger partial charge < -0.3 is 15.6 Å². The minimum Gasteiger partial charge on any atom is -0.503 e. The third-order valence-electron chi connectivity index (χ3n) is 3.61. The second-order valence-electron chi connectivity index (χ2n) is 4.44. The van der Waals surface area contributed by atoms with E-state index in [1.165, 1.54) is 13.2 Å². The van der Waals surface area contributed by atoms with E-state index in [2.05, 4.69) is 15.9 Å². The van der Waals surface area contributed by atoms with Gasteiger partial charge in [0.2, 0.25) is 0 Å². The molecule has 0 amide bonds. The summed E-state index contributed by atoms with van der Waals surface area (Å²) in [5.74, 6) is -0.315. The standard InChI is InChI=1S/C12H15BrFNO2/c1-17-8-5-7(14)9(10(13)11(8)16)12(6-15)3-2-4-12/h5,16H,2-4,6,15H2,1H3. The van der Waals surface area contributed by atoms with Gasteiger partial charge in [-0.25, -0.2) is 4.39 Å². The molecular formula is C12H15BrFNO2. The van der Waals surface area contributed by atoms with Gasteiger partial charge in [0, 0.05) is 23.6 Å². The number of rotatable bonds is 3. The van der Waals surface area contributed by atoms with Gasteiger partial charge in [-0.3, -0.25) is 0 Å². The number of benzene rings is 1. The average Bonchev–Trinajstić information content (AvgIpc) is 2.27. The zero-order chi connectivity index (χ0) is 12.6. The van der Waals surface area contributed by atoms with Gasteiger partial charge in [-0.15, -0.1) is 0 Å². The van der Waals surface area contributed by atoms with Crippen LogP contribution in [0.2, 0.25) is 0 Å². The highest BCUT2D eigenvalue weighted by Gasteiger charge is 2.42. The molecule has 0 atom stereocenters. The van der Waals surface area contributed by atoms with Gasteiger partial charge in [-0.1, -0.05) is 6.42 Å². The fourth-order valence-electron chi connectivity index (χ4n) is 2.39. The van der Waals surface area contributed by atoms with Crippen molar-refractivity contribution in [3.8, 4) is 11.5 Å². The Labute approximate surface area is 108 Å².